The van der Waals surface area contributed by atoms with E-state index in [1.54, 1.807) is 11.8 Å². The number of thioether (sulfide) groups is 1. The van der Waals surface area contributed by atoms with Gasteiger partial charge < -0.3 is 5.32 Å². The van der Waals surface area contributed by atoms with E-state index in [-0.39, 0.29) is 5.91 Å². The smallest absolute Gasteiger partial charge is 0.255 e. The largest absolute Gasteiger partial charge is 0.322 e. The van der Waals surface area contributed by atoms with Gasteiger partial charge in [-0.25, -0.2) is 4.98 Å². The Balaban J connectivity index is 1.69. The van der Waals surface area contributed by atoms with Crippen LogP contribution in [-0.2, 0) is 5.75 Å². The summed E-state index contributed by atoms with van der Waals surface area (Å²) < 4.78 is 0. The minimum absolute atomic E-state index is 0.136. The van der Waals surface area contributed by atoms with Gasteiger partial charge in [0.25, 0.3) is 5.91 Å². The number of carbonyl (C=O) groups excluding carboxylic acids is 1. The molecule has 4 nitrogen and oxygen atoms in total. The molecule has 0 atom stereocenters. The third-order valence-electron chi connectivity index (χ3n) is 4.70. The topological polar surface area (TPSA) is 65.8 Å². The number of pyridine rings is 1. The first-order chi connectivity index (χ1) is 13.5. The molecule has 0 bridgehead atoms. The Hall–Kier alpha value is -3.10. The molecule has 0 saturated heterocycles. The Morgan fingerprint density at radius 2 is 1.71 bits per heavy atom. The molecule has 1 aromatic heterocycles. The number of rotatable bonds is 5. The molecule has 1 heterocycles. The zero-order valence-corrected chi connectivity index (χ0v) is 16.9. The molecule has 0 radical (unpaired) electrons. The van der Waals surface area contributed by atoms with E-state index in [9.17, 15) is 10.1 Å². The molecule has 0 aliphatic carbocycles. The number of carbonyl (C=O) groups is 1. The maximum absolute atomic E-state index is 12.3. The fourth-order valence-corrected chi connectivity index (χ4v) is 3.82. The number of hydrogen-bond acceptors (Lipinski definition) is 4. The molecule has 5 heteroatoms. The van der Waals surface area contributed by atoms with Crippen molar-refractivity contribution in [2.45, 2.75) is 31.6 Å². The Morgan fingerprint density at radius 3 is 2.36 bits per heavy atom. The van der Waals surface area contributed by atoms with Crippen LogP contribution in [0.2, 0.25) is 0 Å². The maximum atomic E-state index is 12.3. The molecule has 28 heavy (non-hydrogen) atoms. The van der Waals surface area contributed by atoms with Crippen LogP contribution in [0.3, 0.4) is 0 Å². The Kier molecular flexibility index (Phi) is 6.13. The second kappa shape index (κ2) is 8.73. The summed E-state index contributed by atoms with van der Waals surface area (Å²) in [5, 5.41) is 13.1. The molecule has 0 aliphatic heterocycles. The summed E-state index contributed by atoms with van der Waals surface area (Å²) in [6.45, 7) is 5.92. The number of para-hydroxylation sites is 1. The van der Waals surface area contributed by atoms with Crippen LogP contribution in [0, 0.1) is 32.1 Å². The van der Waals surface area contributed by atoms with Gasteiger partial charge in [-0.3, -0.25) is 4.79 Å². The molecule has 1 amide bonds. The van der Waals surface area contributed by atoms with Gasteiger partial charge in [0.1, 0.15) is 11.1 Å². The van der Waals surface area contributed by atoms with Crippen molar-refractivity contribution in [1.29, 1.82) is 5.26 Å². The molecule has 0 fully saturated rings. The van der Waals surface area contributed by atoms with Crippen LogP contribution in [0.4, 0.5) is 5.69 Å². The van der Waals surface area contributed by atoms with Crippen molar-refractivity contribution >= 4 is 23.4 Å². The molecule has 2 aromatic carbocycles. The summed E-state index contributed by atoms with van der Waals surface area (Å²) >= 11 is 1.54. The van der Waals surface area contributed by atoms with E-state index in [0.29, 0.717) is 16.9 Å². The number of benzene rings is 2. The highest BCUT2D eigenvalue weighted by atomic mass is 32.2. The molecule has 0 spiro atoms. The minimum Gasteiger partial charge on any atom is -0.322 e. The highest BCUT2D eigenvalue weighted by molar-refractivity contribution is 7.98. The molecule has 3 aromatic rings. The zero-order chi connectivity index (χ0) is 20.1. The minimum atomic E-state index is -0.136. The van der Waals surface area contributed by atoms with Crippen LogP contribution in [0.15, 0.2) is 59.6 Å². The molecule has 0 aliphatic rings. The SMILES string of the molecule is Cc1nc(SCc2ccc(C(=O)Nc3ccccc3)cc2)c(C#N)c(C)c1C. The number of aromatic nitrogens is 1. The molecule has 0 saturated carbocycles. The first-order valence-corrected chi connectivity index (χ1v) is 9.94. The average Bonchev–Trinajstić information content (AvgIpc) is 2.71. The van der Waals surface area contributed by atoms with E-state index in [1.165, 1.54) is 0 Å². The number of hydrogen-bond donors (Lipinski definition) is 1. The van der Waals surface area contributed by atoms with Crippen LogP contribution in [-0.4, -0.2) is 10.9 Å². The van der Waals surface area contributed by atoms with Gasteiger partial charge in [-0.2, -0.15) is 5.26 Å². The van der Waals surface area contributed by atoms with Crippen LogP contribution in [0.25, 0.3) is 0 Å². The predicted molar refractivity (Wildman–Crippen MR) is 114 cm³/mol. The van der Waals surface area contributed by atoms with Gasteiger partial charge in [0.05, 0.1) is 5.56 Å². The van der Waals surface area contributed by atoms with Gasteiger partial charge in [0.2, 0.25) is 0 Å². The zero-order valence-electron chi connectivity index (χ0n) is 16.1. The van der Waals surface area contributed by atoms with Gasteiger partial charge >= 0.3 is 0 Å². The summed E-state index contributed by atoms with van der Waals surface area (Å²) in [6.07, 6.45) is 0. The number of nitriles is 1. The van der Waals surface area contributed by atoms with Crippen LogP contribution in [0.1, 0.15) is 38.3 Å². The van der Waals surface area contributed by atoms with Crippen molar-refractivity contribution in [3.63, 3.8) is 0 Å². The van der Waals surface area contributed by atoms with Crippen molar-refractivity contribution < 1.29 is 4.79 Å². The van der Waals surface area contributed by atoms with E-state index in [4.69, 9.17) is 0 Å². The fraction of sp³-hybridized carbons (Fsp3) is 0.174. The van der Waals surface area contributed by atoms with E-state index in [1.807, 2.05) is 75.4 Å². The van der Waals surface area contributed by atoms with Crippen molar-refractivity contribution in [1.82, 2.24) is 4.98 Å². The number of anilines is 1. The summed E-state index contributed by atoms with van der Waals surface area (Å²) in [5.74, 6) is 0.549. The van der Waals surface area contributed by atoms with Crippen molar-refractivity contribution in [2.24, 2.45) is 0 Å². The van der Waals surface area contributed by atoms with E-state index in [2.05, 4.69) is 16.4 Å². The van der Waals surface area contributed by atoms with Gasteiger partial charge in [-0.05, 0) is 61.7 Å². The van der Waals surface area contributed by atoms with Crippen molar-refractivity contribution in [2.75, 3.05) is 5.32 Å². The third-order valence-corrected chi connectivity index (χ3v) is 5.74. The highest BCUT2D eigenvalue weighted by Crippen LogP contribution is 2.28. The summed E-state index contributed by atoms with van der Waals surface area (Å²) in [4.78, 5) is 16.9. The summed E-state index contributed by atoms with van der Waals surface area (Å²) in [5.41, 5.74) is 6.10. The van der Waals surface area contributed by atoms with E-state index in [0.717, 1.165) is 33.1 Å². The lowest BCUT2D eigenvalue weighted by Crippen LogP contribution is -2.11. The fourth-order valence-electron chi connectivity index (χ4n) is 2.78. The van der Waals surface area contributed by atoms with Crippen molar-refractivity contribution in [3.05, 3.63) is 88.1 Å². The molecule has 0 unspecified atom stereocenters. The Morgan fingerprint density at radius 1 is 1.04 bits per heavy atom. The lowest BCUT2D eigenvalue weighted by molar-refractivity contribution is 0.102. The molecular weight excluding hydrogens is 366 g/mol. The van der Waals surface area contributed by atoms with Gasteiger partial charge in [-0.1, -0.05) is 30.3 Å². The molecular formula is C23H21N3OS. The van der Waals surface area contributed by atoms with E-state index < -0.39 is 0 Å². The Labute approximate surface area is 169 Å². The quantitative estimate of drug-likeness (QED) is 0.593. The van der Waals surface area contributed by atoms with Crippen LogP contribution < -0.4 is 5.32 Å². The lowest BCUT2D eigenvalue weighted by Gasteiger charge is -2.11. The summed E-state index contributed by atoms with van der Waals surface area (Å²) in [6, 6.07) is 19.2. The molecule has 3 rings (SSSR count). The second-order valence-corrected chi connectivity index (χ2v) is 7.51. The number of nitrogens with zero attached hydrogens (tertiary/aromatic N) is 2. The van der Waals surface area contributed by atoms with Gasteiger partial charge in [0, 0.05) is 22.7 Å². The normalized spacial score (nSPS) is 10.4. The molecule has 1 N–H and O–H groups in total. The van der Waals surface area contributed by atoms with Gasteiger partial charge in [-0.15, -0.1) is 11.8 Å². The second-order valence-electron chi connectivity index (χ2n) is 6.54. The first-order valence-electron chi connectivity index (χ1n) is 8.95. The molecule has 140 valence electrons. The number of aryl methyl sites for hydroxylation is 1. The maximum Gasteiger partial charge on any atom is 0.255 e. The van der Waals surface area contributed by atoms with Crippen LogP contribution in [0.5, 0.6) is 0 Å². The first kappa shape index (κ1) is 19.7. The monoisotopic (exact) mass is 387 g/mol. The lowest BCUT2D eigenvalue weighted by atomic mass is 10.1. The van der Waals surface area contributed by atoms with Crippen LogP contribution >= 0.6 is 11.8 Å². The predicted octanol–water partition coefficient (Wildman–Crippen LogP) is 5.42. The third kappa shape index (κ3) is 4.41. The van der Waals surface area contributed by atoms with E-state index >= 15 is 0 Å². The number of amides is 1. The van der Waals surface area contributed by atoms with Crippen molar-refractivity contribution in [3.8, 4) is 6.07 Å². The average molecular weight is 388 g/mol. The Bertz CT molecular complexity index is 1040. The standard InChI is InChI=1S/C23H21N3OS/c1-15-16(2)21(13-24)23(25-17(15)3)28-14-18-9-11-19(12-10-18)22(27)26-20-7-5-4-6-8-20/h4-12H,14H2,1-3H3,(H,26,27). The van der Waals surface area contributed by atoms with Gasteiger partial charge in [0.15, 0.2) is 0 Å². The number of nitrogens with one attached hydrogen (secondary N) is 1. The summed E-state index contributed by atoms with van der Waals surface area (Å²) in [7, 11) is 0. The highest BCUT2D eigenvalue weighted by Gasteiger charge is 2.13.